The zero-order chi connectivity index (χ0) is 17.5. The highest BCUT2D eigenvalue weighted by Gasteiger charge is 2.33. The first-order valence-electron chi connectivity index (χ1n) is 7.84. The van der Waals surface area contributed by atoms with E-state index in [0.717, 1.165) is 0 Å². The maximum atomic E-state index is 12.1. The van der Waals surface area contributed by atoms with Gasteiger partial charge in [-0.15, -0.1) is 0 Å². The van der Waals surface area contributed by atoms with E-state index in [9.17, 15) is 13.2 Å². The van der Waals surface area contributed by atoms with Crippen molar-refractivity contribution in [2.24, 2.45) is 4.99 Å². The van der Waals surface area contributed by atoms with E-state index < -0.39 is 15.6 Å². The topological polar surface area (TPSA) is 88.1 Å². The number of ether oxygens (including phenoxy) is 1. The number of rotatable bonds is 1. The molecule has 0 spiro atoms. The summed E-state index contributed by atoms with van der Waals surface area (Å²) in [5.41, 5.74) is 0.0365. The normalized spacial score (nSPS) is 23.9. The molecule has 8 heteroatoms. The number of likely N-dealkylation sites (tertiary alicyclic amines) is 1. The van der Waals surface area contributed by atoms with Gasteiger partial charge in [-0.3, -0.25) is 9.71 Å². The number of amides is 1. The van der Waals surface area contributed by atoms with Gasteiger partial charge in [0.05, 0.1) is 10.9 Å². The minimum atomic E-state index is -3.54. The van der Waals surface area contributed by atoms with Crippen molar-refractivity contribution in [3.63, 3.8) is 0 Å². The van der Waals surface area contributed by atoms with Crippen LogP contribution in [0, 0.1) is 0 Å². The first-order valence-corrected chi connectivity index (χ1v) is 9.32. The molecule has 2 aliphatic rings. The summed E-state index contributed by atoms with van der Waals surface area (Å²) < 4.78 is 32.0. The smallest absolute Gasteiger partial charge is 0.410 e. The molecule has 1 fully saturated rings. The van der Waals surface area contributed by atoms with Crippen molar-refractivity contribution in [1.82, 2.24) is 9.62 Å². The average Bonchev–Trinajstić information content (AvgIpc) is 3.02. The zero-order valence-corrected chi connectivity index (χ0v) is 14.8. The van der Waals surface area contributed by atoms with Gasteiger partial charge in [0.1, 0.15) is 11.4 Å². The predicted octanol–water partition coefficient (Wildman–Crippen LogP) is 1.73. The summed E-state index contributed by atoms with van der Waals surface area (Å²) in [7, 11) is -3.54. The summed E-state index contributed by atoms with van der Waals surface area (Å²) in [4.78, 5) is 18.5. The lowest BCUT2D eigenvalue weighted by Crippen LogP contribution is -2.35. The van der Waals surface area contributed by atoms with E-state index in [4.69, 9.17) is 4.74 Å². The van der Waals surface area contributed by atoms with Crippen LogP contribution in [0.4, 0.5) is 4.79 Å². The minimum absolute atomic E-state index is 0.152. The number of nitrogens with zero attached hydrogens (tertiary/aromatic N) is 2. The second-order valence-corrected chi connectivity index (χ2v) is 8.60. The van der Waals surface area contributed by atoms with E-state index in [1.54, 1.807) is 29.2 Å². The lowest BCUT2D eigenvalue weighted by Gasteiger charge is -2.24. The molecule has 24 heavy (non-hydrogen) atoms. The molecule has 1 amide bonds. The highest BCUT2D eigenvalue weighted by Crippen LogP contribution is 2.24. The first kappa shape index (κ1) is 16.8. The van der Waals surface area contributed by atoms with E-state index in [1.807, 2.05) is 20.8 Å². The summed E-state index contributed by atoms with van der Waals surface area (Å²) in [5.74, 6) is 0.349. The molecule has 1 aromatic rings. The number of fused-ring (bicyclic) bond motifs is 1. The Kier molecular flexibility index (Phi) is 4.03. The molecule has 1 N–H and O–H groups in total. The molecule has 0 unspecified atom stereocenters. The molecule has 2 heterocycles. The van der Waals surface area contributed by atoms with Crippen LogP contribution >= 0.6 is 0 Å². The number of benzene rings is 1. The predicted molar refractivity (Wildman–Crippen MR) is 89.5 cm³/mol. The van der Waals surface area contributed by atoms with Crippen molar-refractivity contribution in [3.8, 4) is 0 Å². The Balaban J connectivity index is 1.74. The van der Waals surface area contributed by atoms with Crippen LogP contribution in [-0.4, -0.2) is 50.0 Å². The van der Waals surface area contributed by atoms with Gasteiger partial charge in [-0.2, -0.15) is 0 Å². The summed E-state index contributed by atoms with van der Waals surface area (Å²) >= 11 is 0. The second-order valence-electron chi connectivity index (χ2n) is 6.95. The largest absolute Gasteiger partial charge is 0.444 e. The van der Waals surface area contributed by atoms with Crippen LogP contribution in [0.2, 0.25) is 0 Å². The maximum Gasteiger partial charge on any atom is 0.410 e. The van der Waals surface area contributed by atoms with E-state index >= 15 is 0 Å². The molecule has 0 aromatic heterocycles. The van der Waals surface area contributed by atoms with Gasteiger partial charge in [-0.25, -0.2) is 13.2 Å². The lowest BCUT2D eigenvalue weighted by atomic mass is 10.2. The summed E-state index contributed by atoms with van der Waals surface area (Å²) in [5, 5.41) is 0. The minimum Gasteiger partial charge on any atom is -0.444 e. The number of hydrogen-bond acceptors (Lipinski definition) is 5. The monoisotopic (exact) mass is 351 g/mol. The summed E-state index contributed by atoms with van der Waals surface area (Å²) in [6, 6.07) is 6.59. The standard InChI is InChI=1S/C16H21N3O4S/c1-16(2,3)23-15(20)19-9-8-11(10-19)17-14-12-6-4-5-7-13(12)24(21,22)18-14/h4-7,11H,8-10H2,1-3H3,(H,17,18)/t11-/m0/s1. The number of hydrogen-bond donors (Lipinski definition) is 1. The van der Waals surface area contributed by atoms with Gasteiger partial charge < -0.3 is 9.64 Å². The maximum absolute atomic E-state index is 12.1. The van der Waals surface area contributed by atoms with E-state index in [2.05, 4.69) is 9.71 Å². The SMILES string of the molecule is CC(C)(C)OC(=O)N1CC[C@H](N=C2NS(=O)(=O)c3ccccc32)C1. The number of aliphatic imine (C=N–C) groups is 1. The Bertz CT molecular complexity index is 796. The third-order valence-corrected chi connectivity index (χ3v) is 5.19. The van der Waals surface area contributed by atoms with E-state index in [1.165, 1.54) is 0 Å². The van der Waals surface area contributed by atoms with Gasteiger partial charge in [0.25, 0.3) is 10.0 Å². The lowest BCUT2D eigenvalue weighted by molar-refractivity contribution is 0.0293. The van der Waals surface area contributed by atoms with Crippen molar-refractivity contribution in [3.05, 3.63) is 29.8 Å². The van der Waals surface area contributed by atoms with Crippen LogP contribution in [0.1, 0.15) is 32.8 Å². The highest BCUT2D eigenvalue weighted by molar-refractivity contribution is 7.90. The Morgan fingerprint density at radius 2 is 2.04 bits per heavy atom. The number of nitrogens with one attached hydrogen (secondary N) is 1. The van der Waals surface area contributed by atoms with Gasteiger partial charge in [-0.1, -0.05) is 12.1 Å². The Labute approximate surface area is 141 Å². The number of amidine groups is 1. The van der Waals surface area contributed by atoms with Crippen molar-refractivity contribution in [2.45, 2.75) is 43.7 Å². The molecular weight excluding hydrogens is 330 g/mol. The fourth-order valence-electron chi connectivity index (χ4n) is 2.75. The Morgan fingerprint density at radius 1 is 1.33 bits per heavy atom. The molecule has 0 saturated carbocycles. The van der Waals surface area contributed by atoms with E-state index in [0.29, 0.717) is 30.9 Å². The van der Waals surface area contributed by atoms with Crippen LogP contribution in [0.5, 0.6) is 0 Å². The Morgan fingerprint density at radius 3 is 2.75 bits per heavy atom. The molecule has 0 aliphatic carbocycles. The molecule has 0 bridgehead atoms. The van der Waals surface area contributed by atoms with Gasteiger partial charge in [0.15, 0.2) is 0 Å². The van der Waals surface area contributed by atoms with Crippen LogP contribution in [0.15, 0.2) is 34.2 Å². The van der Waals surface area contributed by atoms with Crippen LogP contribution in [-0.2, 0) is 14.8 Å². The molecule has 1 saturated heterocycles. The van der Waals surface area contributed by atoms with Crippen LogP contribution < -0.4 is 4.72 Å². The third kappa shape index (κ3) is 3.38. The highest BCUT2D eigenvalue weighted by atomic mass is 32.2. The molecule has 3 rings (SSSR count). The van der Waals surface area contributed by atoms with E-state index in [-0.39, 0.29) is 17.0 Å². The van der Waals surface area contributed by atoms with Crippen molar-refractivity contribution >= 4 is 22.0 Å². The Hall–Kier alpha value is -2.09. The number of sulfonamides is 1. The molecule has 1 aromatic carbocycles. The van der Waals surface area contributed by atoms with Crippen molar-refractivity contribution in [1.29, 1.82) is 0 Å². The van der Waals surface area contributed by atoms with Crippen LogP contribution in [0.25, 0.3) is 0 Å². The first-order chi connectivity index (χ1) is 11.2. The number of carbonyl (C=O) groups excluding carboxylic acids is 1. The molecule has 7 nitrogen and oxygen atoms in total. The quantitative estimate of drug-likeness (QED) is 0.835. The fraction of sp³-hybridized carbons (Fsp3) is 0.500. The molecule has 1 atom stereocenters. The molecular formula is C16H21N3O4S. The molecule has 2 aliphatic heterocycles. The molecule has 0 radical (unpaired) electrons. The van der Waals surface area contributed by atoms with Crippen molar-refractivity contribution in [2.75, 3.05) is 13.1 Å². The summed E-state index contributed by atoms with van der Waals surface area (Å²) in [6.45, 7) is 6.43. The van der Waals surface area contributed by atoms with Crippen molar-refractivity contribution < 1.29 is 17.9 Å². The van der Waals surface area contributed by atoms with Crippen LogP contribution in [0.3, 0.4) is 0 Å². The van der Waals surface area contributed by atoms with Gasteiger partial charge >= 0.3 is 6.09 Å². The van der Waals surface area contributed by atoms with Gasteiger partial charge in [0.2, 0.25) is 0 Å². The zero-order valence-electron chi connectivity index (χ0n) is 13.9. The van der Waals surface area contributed by atoms with Gasteiger partial charge in [-0.05, 0) is 39.3 Å². The third-order valence-electron chi connectivity index (χ3n) is 3.79. The molecule has 130 valence electrons. The summed E-state index contributed by atoms with van der Waals surface area (Å²) in [6.07, 6.45) is 0.310. The average molecular weight is 351 g/mol. The van der Waals surface area contributed by atoms with Gasteiger partial charge in [0, 0.05) is 18.7 Å². The fourth-order valence-corrected chi connectivity index (χ4v) is 3.99. The number of carbonyl (C=O) groups is 1. The second kappa shape index (κ2) is 5.77.